The fourth-order valence-electron chi connectivity index (χ4n) is 3.85. The minimum atomic E-state index is -0.633. The Kier molecular flexibility index (Phi) is 4.94. The van der Waals surface area contributed by atoms with Crippen molar-refractivity contribution < 1.29 is 14.3 Å². The minimum Gasteiger partial charge on any atom is -0.439 e. The molecule has 1 aromatic heterocycles. The first kappa shape index (κ1) is 18.0. The fraction of sp³-hybridized carbons (Fsp3) is 0.333. The number of likely N-dealkylation sites (tertiary alicyclic amines) is 1. The number of hydrogen-bond donors (Lipinski definition) is 1. The lowest BCUT2D eigenvalue weighted by atomic mass is 9.80. The minimum absolute atomic E-state index is 0.0416. The van der Waals surface area contributed by atoms with E-state index in [9.17, 15) is 9.59 Å². The third kappa shape index (κ3) is 3.67. The molecule has 0 saturated carbocycles. The van der Waals surface area contributed by atoms with E-state index >= 15 is 0 Å². The number of fused-ring (bicyclic) bond motifs is 1. The van der Waals surface area contributed by atoms with E-state index in [4.69, 9.17) is 10.00 Å². The lowest BCUT2D eigenvalue weighted by molar-refractivity contribution is -0.128. The summed E-state index contributed by atoms with van der Waals surface area (Å²) in [5.41, 5.74) is 0.545. The van der Waals surface area contributed by atoms with Crippen LogP contribution in [0.3, 0.4) is 0 Å². The molecule has 2 aliphatic rings. The number of carbonyl (C=O) groups is 2. The van der Waals surface area contributed by atoms with Crippen molar-refractivity contribution in [2.24, 2.45) is 11.8 Å². The number of hydrogen-bond acceptors (Lipinski definition) is 5. The molecule has 3 atom stereocenters. The zero-order valence-corrected chi connectivity index (χ0v) is 15.2. The van der Waals surface area contributed by atoms with E-state index in [0.29, 0.717) is 43.1 Å². The molecule has 1 aromatic carbocycles. The average molecular weight is 376 g/mol. The molecule has 0 bridgehead atoms. The van der Waals surface area contributed by atoms with Crippen molar-refractivity contribution in [1.82, 2.24) is 15.2 Å². The Morgan fingerprint density at radius 2 is 2.18 bits per heavy atom. The molecular weight excluding hydrogens is 356 g/mol. The molecule has 2 amide bonds. The molecule has 28 heavy (non-hydrogen) atoms. The van der Waals surface area contributed by atoms with Crippen LogP contribution in [-0.2, 0) is 4.79 Å². The van der Waals surface area contributed by atoms with Gasteiger partial charge in [-0.15, -0.1) is 0 Å². The Labute approximate surface area is 162 Å². The number of nitrogens with one attached hydrogen (secondary N) is 1. The Morgan fingerprint density at radius 1 is 1.29 bits per heavy atom. The topological polar surface area (TPSA) is 95.3 Å². The number of ether oxygens (including phenoxy) is 1. The first-order chi connectivity index (χ1) is 13.6. The summed E-state index contributed by atoms with van der Waals surface area (Å²) < 4.78 is 5.72. The number of pyridine rings is 1. The Bertz CT molecular complexity index is 925. The van der Waals surface area contributed by atoms with Gasteiger partial charge in [-0.05, 0) is 43.0 Å². The van der Waals surface area contributed by atoms with Crippen LogP contribution in [0.1, 0.15) is 23.2 Å². The van der Waals surface area contributed by atoms with E-state index in [1.54, 1.807) is 47.5 Å². The predicted octanol–water partition coefficient (Wildman–Crippen LogP) is 2.36. The van der Waals surface area contributed by atoms with E-state index in [2.05, 4.69) is 16.4 Å². The van der Waals surface area contributed by atoms with Crippen LogP contribution in [0.2, 0.25) is 0 Å². The highest BCUT2D eigenvalue weighted by Crippen LogP contribution is 2.29. The maximum absolute atomic E-state index is 13.0. The van der Waals surface area contributed by atoms with Crippen molar-refractivity contribution in [2.75, 3.05) is 13.1 Å². The zero-order chi connectivity index (χ0) is 19.5. The molecule has 142 valence electrons. The van der Waals surface area contributed by atoms with Crippen LogP contribution < -0.4 is 10.1 Å². The largest absolute Gasteiger partial charge is 0.439 e. The van der Waals surface area contributed by atoms with Crippen molar-refractivity contribution in [1.29, 1.82) is 5.26 Å². The highest BCUT2D eigenvalue weighted by Gasteiger charge is 2.40. The van der Waals surface area contributed by atoms with Crippen LogP contribution in [0.25, 0.3) is 0 Å². The van der Waals surface area contributed by atoms with E-state index < -0.39 is 5.92 Å². The van der Waals surface area contributed by atoms with Gasteiger partial charge in [0, 0.05) is 37.0 Å². The van der Waals surface area contributed by atoms with Crippen LogP contribution in [0, 0.1) is 23.2 Å². The van der Waals surface area contributed by atoms with Crippen LogP contribution >= 0.6 is 0 Å². The van der Waals surface area contributed by atoms with Gasteiger partial charge in [0.2, 0.25) is 11.8 Å². The van der Waals surface area contributed by atoms with Crippen LogP contribution in [0.4, 0.5) is 0 Å². The molecule has 4 rings (SSSR count). The summed E-state index contributed by atoms with van der Waals surface area (Å²) in [6.07, 6.45) is 2.84. The molecule has 7 heteroatoms. The van der Waals surface area contributed by atoms with Gasteiger partial charge in [0.25, 0.3) is 5.91 Å². The van der Waals surface area contributed by atoms with Crippen molar-refractivity contribution in [3.05, 3.63) is 54.2 Å². The van der Waals surface area contributed by atoms with Crippen LogP contribution in [-0.4, -0.2) is 40.8 Å². The van der Waals surface area contributed by atoms with Gasteiger partial charge in [0.15, 0.2) is 0 Å². The van der Waals surface area contributed by atoms with E-state index in [1.807, 2.05) is 6.07 Å². The van der Waals surface area contributed by atoms with Gasteiger partial charge >= 0.3 is 0 Å². The number of nitriles is 1. The Morgan fingerprint density at radius 3 is 2.96 bits per heavy atom. The summed E-state index contributed by atoms with van der Waals surface area (Å²) >= 11 is 0. The van der Waals surface area contributed by atoms with Gasteiger partial charge < -0.3 is 15.0 Å². The van der Waals surface area contributed by atoms with E-state index in [1.165, 1.54) is 0 Å². The highest BCUT2D eigenvalue weighted by molar-refractivity contribution is 5.94. The van der Waals surface area contributed by atoms with Crippen LogP contribution in [0.5, 0.6) is 11.6 Å². The summed E-state index contributed by atoms with van der Waals surface area (Å²) in [4.78, 5) is 30.8. The molecule has 2 aliphatic heterocycles. The second-order valence-corrected chi connectivity index (χ2v) is 7.13. The Balaban J connectivity index is 1.46. The summed E-state index contributed by atoms with van der Waals surface area (Å²) in [5.74, 6) is 0.222. The van der Waals surface area contributed by atoms with E-state index in [-0.39, 0.29) is 23.8 Å². The van der Waals surface area contributed by atoms with Gasteiger partial charge in [-0.3, -0.25) is 9.59 Å². The molecule has 1 N–H and O–H groups in total. The average Bonchev–Trinajstić information content (AvgIpc) is 2.73. The number of aromatic nitrogens is 1. The molecule has 2 aromatic rings. The smallest absolute Gasteiger partial charge is 0.253 e. The Hall–Kier alpha value is -3.40. The third-order valence-electron chi connectivity index (χ3n) is 5.30. The molecule has 3 heterocycles. The number of nitrogens with zero attached hydrogens (tertiary/aromatic N) is 3. The maximum atomic E-state index is 13.0. The fourth-order valence-corrected chi connectivity index (χ4v) is 3.85. The number of rotatable bonds is 3. The SMILES string of the molecule is N#CC1CC2CN(C(=O)c3cccc(Oc4ccccn4)c3)CCC2NC1=O. The summed E-state index contributed by atoms with van der Waals surface area (Å²) in [5, 5.41) is 12.1. The van der Waals surface area contributed by atoms with Crippen molar-refractivity contribution in [3.8, 4) is 17.7 Å². The molecule has 0 aliphatic carbocycles. The van der Waals surface area contributed by atoms with Crippen molar-refractivity contribution in [2.45, 2.75) is 18.9 Å². The monoisotopic (exact) mass is 376 g/mol. The first-order valence-corrected chi connectivity index (χ1v) is 9.32. The summed E-state index contributed by atoms with van der Waals surface area (Å²) in [6.45, 7) is 1.11. The number of carbonyl (C=O) groups excluding carboxylic acids is 2. The second-order valence-electron chi connectivity index (χ2n) is 7.13. The van der Waals surface area contributed by atoms with Gasteiger partial charge in [-0.2, -0.15) is 5.26 Å². The first-order valence-electron chi connectivity index (χ1n) is 9.32. The zero-order valence-electron chi connectivity index (χ0n) is 15.2. The van der Waals surface area contributed by atoms with E-state index in [0.717, 1.165) is 0 Å². The van der Waals surface area contributed by atoms with Crippen LogP contribution in [0.15, 0.2) is 48.7 Å². The van der Waals surface area contributed by atoms with Crippen molar-refractivity contribution >= 4 is 11.8 Å². The van der Waals surface area contributed by atoms with Crippen molar-refractivity contribution in [3.63, 3.8) is 0 Å². The molecule has 0 radical (unpaired) electrons. The lowest BCUT2D eigenvalue weighted by Crippen LogP contribution is -2.57. The summed E-state index contributed by atoms with van der Waals surface area (Å²) in [6, 6.07) is 14.5. The molecule has 0 spiro atoms. The number of benzene rings is 1. The highest BCUT2D eigenvalue weighted by atomic mass is 16.5. The van der Waals surface area contributed by atoms with Gasteiger partial charge in [-0.25, -0.2) is 4.98 Å². The predicted molar refractivity (Wildman–Crippen MR) is 100 cm³/mol. The number of amides is 2. The van der Waals surface area contributed by atoms with Gasteiger partial charge in [0.1, 0.15) is 11.7 Å². The molecule has 7 nitrogen and oxygen atoms in total. The van der Waals surface area contributed by atoms with Gasteiger partial charge in [0.05, 0.1) is 6.07 Å². The number of piperidine rings is 2. The summed E-state index contributed by atoms with van der Waals surface area (Å²) in [7, 11) is 0. The maximum Gasteiger partial charge on any atom is 0.253 e. The quantitative estimate of drug-likeness (QED) is 0.887. The third-order valence-corrected chi connectivity index (χ3v) is 5.30. The standard InChI is InChI=1S/C21H20N4O3/c22-12-15-10-16-13-25(9-7-18(16)24-20(15)26)21(27)14-4-3-5-17(11-14)28-19-6-1-2-8-23-19/h1-6,8,11,15-16,18H,7,9-10,13H2,(H,24,26). The molecule has 2 saturated heterocycles. The molecule has 3 unspecified atom stereocenters. The van der Waals surface area contributed by atoms with Gasteiger partial charge in [-0.1, -0.05) is 12.1 Å². The molecule has 2 fully saturated rings. The normalized spacial score (nSPS) is 23.9. The lowest BCUT2D eigenvalue weighted by Gasteiger charge is -2.42. The second kappa shape index (κ2) is 7.69. The molecular formula is C21H20N4O3.